The number of nitrogens with one attached hydrogen (secondary N) is 2. The smallest absolute Gasteiger partial charge is 0.220 e. The lowest BCUT2D eigenvalue weighted by molar-refractivity contribution is -0.121. The van der Waals surface area contributed by atoms with Gasteiger partial charge in [-0.3, -0.25) is 4.79 Å². The highest BCUT2D eigenvalue weighted by atomic mass is 16.1. The summed E-state index contributed by atoms with van der Waals surface area (Å²) in [5.74, 6) is 0.155. The molecule has 21 heavy (non-hydrogen) atoms. The van der Waals surface area contributed by atoms with Crippen molar-refractivity contribution in [1.82, 2.24) is 10.3 Å². The normalized spacial score (nSPS) is 10.9. The molecular formula is C17H25N3O. The zero-order valence-electron chi connectivity index (χ0n) is 12.5. The summed E-state index contributed by atoms with van der Waals surface area (Å²) < 4.78 is 0. The number of benzene rings is 1. The van der Waals surface area contributed by atoms with Gasteiger partial charge in [-0.05, 0) is 37.4 Å². The van der Waals surface area contributed by atoms with Gasteiger partial charge < -0.3 is 16.0 Å². The second-order valence-corrected chi connectivity index (χ2v) is 5.41. The van der Waals surface area contributed by atoms with Crippen LogP contribution in [0.5, 0.6) is 0 Å². The molecule has 0 aliphatic heterocycles. The Bertz CT molecular complexity index is 562. The number of nitrogens with two attached hydrogens (primary N) is 1. The first-order valence-electron chi connectivity index (χ1n) is 7.83. The standard InChI is InChI=1S/C17H25N3O/c18-11-6-2-1-3-9-17(21)19-12-10-14-13-20-16-8-5-4-7-15(14)16/h4-5,7-8,13,20H,1-3,6,9-12,18H2,(H,19,21). The van der Waals surface area contributed by atoms with Crippen molar-refractivity contribution in [2.45, 2.75) is 38.5 Å². The fraction of sp³-hybridized carbons (Fsp3) is 0.471. The molecule has 0 atom stereocenters. The predicted octanol–water partition coefficient (Wildman–Crippen LogP) is 2.74. The van der Waals surface area contributed by atoms with E-state index in [1.54, 1.807) is 0 Å². The molecule has 0 fully saturated rings. The average molecular weight is 287 g/mol. The Morgan fingerprint density at radius 2 is 1.95 bits per heavy atom. The summed E-state index contributed by atoms with van der Waals surface area (Å²) in [6.45, 7) is 1.44. The molecule has 1 aromatic carbocycles. The summed E-state index contributed by atoms with van der Waals surface area (Å²) in [5, 5.41) is 4.24. The van der Waals surface area contributed by atoms with Gasteiger partial charge in [0.05, 0.1) is 0 Å². The summed E-state index contributed by atoms with van der Waals surface area (Å²) in [5.41, 5.74) is 7.85. The summed E-state index contributed by atoms with van der Waals surface area (Å²) >= 11 is 0. The third kappa shape index (κ3) is 4.90. The van der Waals surface area contributed by atoms with E-state index in [4.69, 9.17) is 5.73 Å². The highest BCUT2D eigenvalue weighted by molar-refractivity contribution is 5.83. The second kappa shape index (κ2) is 8.47. The van der Waals surface area contributed by atoms with Gasteiger partial charge in [0.2, 0.25) is 5.91 Å². The van der Waals surface area contributed by atoms with E-state index in [1.165, 1.54) is 10.9 Å². The number of aromatic nitrogens is 1. The van der Waals surface area contributed by atoms with E-state index in [2.05, 4.69) is 22.4 Å². The number of H-pyrrole nitrogens is 1. The van der Waals surface area contributed by atoms with E-state index in [1.807, 2.05) is 18.3 Å². The summed E-state index contributed by atoms with van der Waals surface area (Å²) in [6, 6.07) is 8.24. The Balaban J connectivity index is 1.66. The van der Waals surface area contributed by atoms with Gasteiger partial charge in [0.1, 0.15) is 0 Å². The maximum Gasteiger partial charge on any atom is 0.220 e. The zero-order valence-corrected chi connectivity index (χ0v) is 12.5. The van der Waals surface area contributed by atoms with Crippen LogP contribution in [0.4, 0.5) is 0 Å². The molecule has 2 rings (SSSR count). The van der Waals surface area contributed by atoms with E-state index in [0.717, 1.165) is 44.2 Å². The van der Waals surface area contributed by atoms with E-state index < -0.39 is 0 Å². The topological polar surface area (TPSA) is 70.9 Å². The van der Waals surface area contributed by atoms with Crippen LogP contribution >= 0.6 is 0 Å². The minimum atomic E-state index is 0.155. The fourth-order valence-electron chi connectivity index (χ4n) is 2.55. The molecule has 1 amide bonds. The number of hydrogen-bond donors (Lipinski definition) is 3. The van der Waals surface area contributed by atoms with Crippen LogP contribution in [0.1, 0.15) is 37.7 Å². The summed E-state index contributed by atoms with van der Waals surface area (Å²) in [4.78, 5) is 15.0. The number of rotatable bonds is 9. The van der Waals surface area contributed by atoms with Gasteiger partial charge in [0.25, 0.3) is 0 Å². The Hall–Kier alpha value is -1.81. The van der Waals surface area contributed by atoms with Crippen molar-refractivity contribution in [2.24, 2.45) is 5.73 Å². The molecule has 0 spiro atoms. The Morgan fingerprint density at radius 3 is 2.81 bits per heavy atom. The van der Waals surface area contributed by atoms with Gasteiger partial charge in [-0.2, -0.15) is 0 Å². The lowest BCUT2D eigenvalue weighted by atomic mass is 10.1. The molecular weight excluding hydrogens is 262 g/mol. The molecule has 4 nitrogen and oxygen atoms in total. The second-order valence-electron chi connectivity index (χ2n) is 5.41. The lowest BCUT2D eigenvalue weighted by Gasteiger charge is -2.05. The van der Waals surface area contributed by atoms with Crippen LogP contribution in [0.25, 0.3) is 10.9 Å². The fourth-order valence-corrected chi connectivity index (χ4v) is 2.55. The molecule has 4 heteroatoms. The van der Waals surface area contributed by atoms with Crippen molar-refractivity contribution in [1.29, 1.82) is 0 Å². The first-order chi connectivity index (χ1) is 10.3. The van der Waals surface area contributed by atoms with E-state index in [-0.39, 0.29) is 5.91 Å². The predicted molar refractivity (Wildman–Crippen MR) is 87.2 cm³/mol. The van der Waals surface area contributed by atoms with Crippen LogP contribution in [0.2, 0.25) is 0 Å². The maximum absolute atomic E-state index is 11.7. The van der Waals surface area contributed by atoms with Crippen LogP contribution in [0.3, 0.4) is 0 Å². The zero-order chi connectivity index (χ0) is 14.9. The molecule has 2 aromatic rings. The number of aromatic amines is 1. The number of amides is 1. The van der Waals surface area contributed by atoms with Crippen molar-refractivity contribution in [3.05, 3.63) is 36.0 Å². The SMILES string of the molecule is NCCCCCCC(=O)NCCc1c[nH]c2ccccc12. The van der Waals surface area contributed by atoms with Crippen molar-refractivity contribution in [2.75, 3.05) is 13.1 Å². The quantitative estimate of drug-likeness (QED) is 0.621. The van der Waals surface area contributed by atoms with Crippen LogP contribution < -0.4 is 11.1 Å². The molecule has 0 aliphatic carbocycles. The molecule has 0 aliphatic rings. The van der Waals surface area contributed by atoms with Crippen LogP contribution in [-0.2, 0) is 11.2 Å². The molecule has 0 bridgehead atoms. The number of carbonyl (C=O) groups excluding carboxylic acids is 1. The number of carbonyl (C=O) groups is 1. The lowest BCUT2D eigenvalue weighted by Crippen LogP contribution is -2.25. The Morgan fingerprint density at radius 1 is 1.14 bits per heavy atom. The van der Waals surface area contributed by atoms with Crippen molar-refractivity contribution in [3.63, 3.8) is 0 Å². The monoisotopic (exact) mass is 287 g/mol. The first-order valence-corrected chi connectivity index (χ1v) is 7.83. The molecule has 0 radical (unpaired) electrons. The summed E-state index contributed by atoms with van der Waals surface area (Å²) in [7, 11) is 0. The summed E-state index contributed by atoms with van der Waals surface area (Å²) in [6.07, 6.45) is 7.75. The molecule has 0 unspecified atom stereocenters. The number of unbranched alkanes of at least 4 members (excludes halogenated alkanes) is 3. The van der Waals surface area contributed by atoms with E-state index in [0.29, 0.717) is 13.0 Å². The minimum Gasteiger partial charge on any atom is -0.361 e. The molecule has 1 heterocycles. The Labute approximate surface area is 126 Å². The van der Waals surface area contributed by atoms with E-state index >= 15 is 0 Å². The van der Waals surface area contributed by atoms with Crippen molar-refractivity contribution < 1.29 is 4.79 Å². The van der Waals surface area contributed by atoms with Crippen molar-refractivity contribution >= 4 is 16.8 Å². The van der Waals surface area contributed by atoms with Crippen molar-refractivity contribution in [3.8, 4) is 0 Å². The highest BCUT2D eigenvalue weighted by Gasteiger charge is 2.04. The first kappa shape index (κ1) is 15.6. The molecule has 4 N–H and O–H groups in total. The van der Waals surface area contributed by atoms with Gasteiger partial charge in [0.15, 0.2) is 0 Å². The number of hydrogen-bond acceptors (Lipinski definition) is 2. The van der Waals surface area contributed by atoms with E-state index in [9.17, 15) is 4.79 Å². The third-order valence-corrected chi connectivity index (χ3v) is 3.75. The van der Waals surface area contributed by atoms with Crippen LogP contribution in [0.15, 0.2) is 30.5 Å². The molecule has 0 saturated heterocycles. The van der Waals surface area contributed by atoms with Gasteiger partial charge >= 0.3 is 0 Å². The van der Waals surface area contributed by atoms with Crippen LogP contribution in [-0.4, -0.2) is 24.0 Å². The molecule has 1 aromatic heterocycles. The number of fused-ring (bicyclic) bond motifs is 1. The largest absolute Gasteiger partial charge is 0.361 e. The van der Waals surface area contributed by atoms with Gasteiger partial charge in [-0.1, -0.05) is 31.0 Å². The maximum atomic E-state index is 11.7. The number of para-hydroxylation sites is 1. The van der Waals surface area contributed by atoms with Crippen LogP contribution in [0, 0.1) is 0 Å². The minimum absolute atomic E-state index is 0.155. The average Bonchev–Trinajstić information content (AvgIpc) is 2.91. The van der Waals surface area contributed by atoms with Gasteiger partial charge in [-0.25, -0.2) is 0 Å². The van der Waals surface area contributed by atoms with Gasteiger partial charge in [-0.15, -0.1) is 0 Å². The highest BCUT2D eigenvalue weighted by Crippen LogP contribution is 2.17. The third-order valence-electron chi connectivity index (χ3n) is 3.75. The molecule has 0 saturated carbocycles. The molecule has 114 valence electrons. The Kier molecular flexibility index (Phi) is 6.28. The van der Waals surface area contributed by atoms with Gasteiger partial charge in [0, 0.05) is 30.1 Å².